The lowest BCUT2D eigenvalue weighted by molar-refractivity contribution is -0.113. The number of nitrogens with zero attached hydrogens (tertiary/aromatic N) is 3. The second-order valence-electron chi connectivity index (χ2n) is 5.55. The lowest BCUT2D eigenvalue weighted by Crippen LogP contribution is -2.14. The summed E-state index contributed by atoms with van der Waals surface area (Å²) in [4.78, 5) is 13.5. The Morgan fingerprint density at radius 3 is 2.74 bits per heavy atom. The maximum atomic E-state index is 12.2. The number of thioether (sulfide) groups is 1. The zero-order valence-corrected chi connectivity index (χ0v) is 17.3. The minimum absolute atomic E-state index is 0.175. The predicted octanol–water partition coefficient (Wildman–Crippen LogP) is 5.15. The number of halogens is 2. The number of aromatic nitrogens is 3. The van der Waals surface area contributed by atoms with E-state index in [1.54, 1.807) is 35.6 Å². The van der Waals surface area contributed by atoms with Crippen molar-refractivity contribution < 1.29 is 4.79 Å². The highest BCUT2D eigenvalue weighted by atomic mass is 35.5. The van der Waals surface area contributed by atoms with Crippen LogP contribution in [0.2, 0.25) is 10.0 Å². The van der Waals surface area contributed by atoms with Crippen LogP contribution in [-0.2, 0) is 17.8 Å². The molecule has 0 bridgehead atoms. The number of benzene rings is 1. The number of thiophene rings is 1. The summed E-state index contributed by atoms with van der Waals surface area (Å²) in [6, 6.07) is 8.98. The molecule has 0 saturated carbocycles. The molecule has 0 radical (unpaired) electrons. The molecule has 2 heterocycles. The van der Waals surface area contributed by atoms with Gasteiger partial charge in [-0.15, -0.1) is 28.1 Å². The molecular weight excluding hydrogens is 423 g/mol. The molecule has 0 spiro atoms. The molecule has 1 amide bonds. The molecule has 3 aromatic rings. The summed E-state index contributed by atoms with van der Waals surface area (Å²) in [6.07, 6.45) is 2.49. The van der Waals surface area contributed by atoms with Crippen molar-refractivity contribution in [2.45, 2.75) is 18.1 Å². The fourth-order valence-electron chi connectivity index (χ4n) is 2.39. The second-order valence-corrected chi connectivity index (χ2v) is 8.40. The number of allylic oxidation sites excluding steroid dienone is 1. The molecule has 0 aliphatic rings. The summed E-state index contributed by atoms with van der Waals surface area (Å²) in [5.41, 5.74) is 0.559. The number of nitrogens with one attached hydrogen (secondary N) is 1. The van der Waals surface area contributed by atoms with Crippen LogP contribution in [0.25, 0.3) is 0 Å². The van der Waals surface area contributed by atoms with Crippen molar-refractivity contribution in [1.82, 2.24) is 14.8 Å². The van der Waals surface area contributed by atoms with E-state index in [2.05, 4.69) is 28.2 Å². The number of carbonyl (C=O) groups excluding carboxylic acids is 1. The number of hydrogen-bond donors (Lipinski definition) is 1. The van der Waals surface area contributed by atoms with E-state index in [-0.39, 0.29) is 11.7 Å². The lowest BCUT2D eigenvalue weighted by Gasteiger charge is -2.08. The van der Waals surface area contributed by atoms with Crippen LogP contribution in [0.1, 0.15) is 10.7 Å². The largest absolute Gasteiger partial charge is 0.325 e. The van der Waals surface area contributed by atoms with Gasteiger partial charge >= 0.3 is 0 Å². The van der Waals surface area contributed by atoms with Crippen LogP contribution in [0.4, 0.5) is 5.69 Å². The van der Waals surface area contributed by atoms with Crippen LogP contribution >= 0.6 is 46.3 Å². The van der Waals surface area contributed by atoms with Gasteiger partial charge in [0.1, 0.15) is 5.82 Å². The Hall–Kier alpha value is -1.80. The molecular formula is C18H16Cl2N4OS2. The quantitative estimate of drug-likeness (QED) is 0.389. The first-order chi connectivity index (χ1) is 13.0. The molecule has 0 saturated heterocycles. The Kier molecular flexibility index (Phi) is 6.95. The molecule has 5 nitrogen and oxygen atoms in total. The van der Waals surface area contributed by atoms with Gasteiger partial charge in [-0.3, -0.25) is 4.79 Å². The Labute approximate surface area is 175 Å². The van der Waals surface area contributed by atoms with Crippen LogP contribution in [-0.4, -0.2) is 26.4 Å². The molecule has 9 heteroatoms. The van der Waals surface area contributed by atoms with Crippen LogP contribution < -0.4 is 5.32 Å². The topological polar surface area (TPSA) is 59.8 Å². The molecule has 2 aromatic heterocycles. The standard InChI is InChI=1S/C18H16Cl2N4OS2/c1-2-5-24-16(10-15-4-3-6-26-15)22-23-18(24)27-11-17(25)21-14-8-12(19)7-13(20)9-14/h2-4,6-9H,1,5,10-11H2,(H,21,25). The van der Waals surface area contributed by atoms with Crippen molar-refractivity contribution >= 4 is 57.9 Å². The highest BCUT2D eigenvalue weighted by molar-refractivity contribution is 7.99. The summed E-state index contributed by atoms with van der Waals surface area (Å²) in [5.74, 6) is 0.867. The van der Waals surface area contributed by atoms with Gasteiger partial charge in [0.15, 0.2) is 5.16 Å². The van der Waals surface area contributed by atoms with Gasteiger partial charge in [0, 0.05) is 33.6 Å². The van der Waals surface area contributed by atoms with Crippen LogP contribution in [0.5, 0.6) is 0 Å². The molecule has 0 fully saturated rings. The van der Waals surface area contributed by atoms with Crippen LogP contribution in [0.15, 0.2) is 53.5 Å². The molecule has 1 aromatic carbocycles. The number of hydrogen-bond acceptors (Lipinski definition) is 5. The minimum Gasteiger partial charge on any atom is -0.325 e. The van der Waals surface area contributed by atoms with Gasteiger partial charge in [0.05, 0.1) is 5.75 Å². The van der Waals surface area contributed by atoms with Crippen molar-refractivity contribution in [2.24, 2.45) is 0 Å². The minimum atomic E-state index is -0.175. The summed E-state index contributed by atoms with van der Waals surface area (Å²) >= 11 is 14.9. The first kappa shape index (κ1) is 19.9. The highest BCUT2D eigenvalue weighted by Gasteiger charge is 2.14. The van der Waals surface area contributed by atoms with Crippen molar-refractivity contribution in [3.63, 3.8) is 0 Å². The SMILES string of the molecule is C=CCn1c(Cc2cccs2)nnc1SCC(=O)Nc1cc(Cl)cc(Cl)c1. The third kappa shape index (κ3) is 5.59. The molecule has 0 aliphatic carbocycles. The van der Waals surface area contributed by atoms with E-state index in [1.165, 1.54) is 16.6 Å². The molecule has 0 atom stereocenters. The fraction of sp³-hybridized carbons (Fsp3) is 0.167. The first-order valence-corrected chi connectivity index (χ1v) is 10.6. The van der Waals surface area contributed by atoms with Gasteiger partial charge in [-0.2, -0.15) is 0 Å². The van der Waals surface area contributed by atoms with Gasteiger partial charge < -0.3 is 9.88 Å². The van der Waals surface area contributed by atoms with E-state index in [0.29, 0.717) is 33.9 Å². The zero-order valence-electron chi connectivity index (χ0n) is 14.2. The van der Waals surface area contributed by atoms with Crippen LogP contribution in [0, 0.1) is 0 Å². The summed E-state index contributed by atoms with van der Waals surface area (Å²) < 4.78 is 1.97. The maximum absolute atomic E-state index is 12.2. The molecule has 3 rings (SSSR count). The number of rotatable bonds is 8. The van der Waals surface area contributed by atoms with Crippen molar-refractivity contribution in [1.29, 1.82) is 0 Å². The third-order valence-corrected chi connectivity index (χ3v) is 5.78. The fourth-order valence-corrected chi connectivity index (χ4v) is 4.39. The molecule has 27 heavy (non-hydrogen) atoms. The van der Waals surface area contributed by atoms with Crippen molar-refractivity contribution in [3.8, 4) is 0 Å². The Balaban J connectivity index is 1.65. The van der Waals surface area contributed by atoms with E-state index >= 15 is 0 Å². The lowest BCUT2D eigenvalue weighted by atomic mass is 10.3. The van der Waals surface area contributed by atoms with E-state index in [4.69, 9.17) is 23.2 Å². The monoisotopic (exact) mass is 438 g/mol. The van der Waals surface area contributed by atoms with Gasteiger partial charge in [-0.1, -0.05) is 47.1 Å². The van der Waals surface area contributed by atoms with Crippen LogP contribution in [0.3, 0.4) is 0 Å². The summed E-state index contributed by atoms with van der Waals surface area (Å²) in [5, 5.41) is 14.9. The Morgan fingerprint density at radius 2 is 2.07 bits per heavy atom. The number of carbonyl (C=O) groups is 1. The van der Waals surface area contributed by atoms with Gasteiger partial charge in [-0.25, -0.2) is 0 Å². The summed E-state index contributed by atoms with van der Waals surface area (Å²) in [6.45, 7) is 4.38. The van der Waals surface area contributed by atoms with Crippen molar-refractivity contribution in [3.05, 3.63) is 69.1 Å². The Bertz CT molecular complexity index is 921. The zero-order chi connectivity index (χ0) is 19.2. The smallest absolute Gasteiger partial charge is 0.234 e. The van der Waals surface area contributed by atoms with Crippen molar-refractivity contribution in [2.75, 3.05) is 11.1 Å². The highest BCUT2D eigenvalue weighted by Crippen LogP contribution is 2.24. The van der Waals surface area contributed by atoms with E-state index in [1.807, 2.05) is 16.0 Å². The van der Waals surface area contributed by atoms with Gasteiger partial charge in [0.2, 0.25) is 5.91 Å². The van der Waals surface area contributed by atoms with E-state index < -0.39 is 0 Å². The maximum Gasteiger partial charge on any atom is 0.234 e. The molecule has 140 valence electrons. The third-order valence-electron chi connectivity index (χ3n) is 3.50. The molecule has 0 aliphatic heterocycles. The second kappa shape index (κ2) is 9.41. The number of anilines is 1. The molecule has 1 N–H and O–H groups in total. The van der Waals surface area contributed by atoms with Gasteiger partial charge in [0.25, 0.3) is 0 Å². The first-order valence-electron chi connectivity index (χ1n) is 7.99. The predicted molar refractivity (Wildman–Crippen MR) is 113 cm³/mol. The average Bonchev–Trinajstić information content (AvgIpc) is 3.24. The molecule has 0 unspecified atom stereocenters. The number of amides is 1. The van der Waals surface area contributed by atoms with Gasteiger partial charge in [-0.05, 0) is 29.6 Å². The Morgan fingerprint density at radius 1 is 1.30 bits per heavy atom. The van der Waals surface area contributed by atoms with E-state index in [0.717, 1.165) is 5.82 Å². The normalized spacial score (nSPS) is 10.7. The average molecular weight is 439 g/mol. The summed E-state index contributed by atoms with van der Waals surface area (Å²) in [7, 11) is 0. The van der Waals surface area contributed by atoms with E-state index in [9.17, 15) is 4.79 Å².